The fraction of sp³-hybridized carbons (Fsp3) is 0.391. The number of rotatable bonds is 7. The van der Waals surface area contributed by atoms with E-state index in [1.165, 1.54) is 24.3 Å². The zero-order valence-corrected chi connectivity index (χ0v) is 16.8. The Balaban J connectivity index is 1.87. The van der Waals surface area contributed by atoms with Crippen molar-refractivity contribution in [3.63, 3.8) is 0 Å². The highest BCUT2D eigenvalue weighted by Crippen LogP contribution is 2.41. The largest absolute Gasteiger partial charge is 0.394 e. The van der Waals surface area contributed by atoms with Crippen LogP contribution in [-0.2, 0) is 4.79 Å². The van der Waals surface area contributed by atoms with Crippen molar-refractivity contribution in [1.29, 1.82) is 0 Å². The lowest BCUT2D eigenvalue weighted by atomic mass is 9.74. The number of halogens is 1. The highest BCUT2D eigenvalue weighted by atomic mass is 19.1. The first-order valence-electron chi connectivity index (χ1n) is 10.0. The molecule has 1 aliphatic heterocycles. The first-order valence-corrected chi connectivity index (χ1v) is 10.0. The van der Waals surface area contributed by atoms with E-state index < -0.39 is 5.82 Å². The summed E-state index contributed by atoms with van der Waals surface area (Å²) in [5, 5.41) is 9.94. The van der Waals surface area contributed by atoms with Crippen LogP contribution in [0.3, 0.4) is 0 Å². The van der Waals surface area contributed by atoms with Gasteiger partial charge in [0, 0.05) is 31.0 Å². The molecule has 5 nitrogen and oxygen atoms in total. The van der Waals surface area contributed by atoms with Crippen molar-refractivity contribution in [2.75, 3.05) is 19.7 Å². The Morgan fingerprint density at radius 3 is 2.24 bits per heavy atom. The molecule has 29 heavy (non-hydrogen) atoms. The normalized spacial score (nSPS) is 20.8. The standard InChI is InChI=1S/C23H27FN2O3/c1-3-21(28)26-19(22(20(26)15-27)16-8-6-5-7-9-16)14-25(4-2)23(29)17-10-12-18(24)13-11-17/h5-13,19-20,22,27H,3-4,14-15H2,1-2H3/t19-,20+,22-/m0/s1. The molecule has 3 rings (SSSR count). The van der Waals surface area contributed by atoms with Crippen LogP contribution in [0.15, 0.2) is 54.6 Å². The second-order valence-corrected chi connectivity index (χ2v) is 7.26. The molecular formula is C23H27FN2O3. The lowest BCUT2D eigenvalue weighted by Gasteiger charge is -2.56. The van der Waals surface area contributed by atoms with Crippen LogP contribution in [0.5, 0.6) is 0 Å². The number of nitrogens with zero attached hydrogens (tertiary/aromatic N) is 2. The molecule has 0 saturated carbocycles. The van der Waals surface area contributed by atoms with Crippen LogP contribution in [0, 0.1) is 5.82 Å². The highest BCUT2D eigenvalue weighted by Gasteiger charge is 2.51. The number of aliphatic hydroxyl groups excluding tert-OH is 1. The van der Waals surface area contributed by atoms with E-state index in [1.54, 1.807) is 16.7 Å². The predicted octanol–water partition coefficient (Wildman–Crippen LogP) is 3.05. The van der Waals surface area contributed by atoms with Crippen LogP contribution in [0.4, 0.5) is 4.39 Å². The topological polar surface area (TPSA) is 60.9 Å². The minimum Gasteiger partial charge on any atom is -0.394 e. The zero-order chi connectivity index (χ0) is 21.0. The van der Waals surface area contributed by atoms with Gasteiger partial charge in [0.15, 0.2) is 0 Å². The third-order valence-corrected chi connectivity index (χ3v) is 5.67. The Hall–Kier alpha value is -2.73. The van der Waals surface area contributed by atoms with Crippen molar-refractivity contribution >= 4 is 11.8 Å². The van der Waals surface area contributed by atoms with Crippen LogP contribution in [0.1, 0.15) is 42.1 Å². The van der Waals surface area contributed by atoms with Crippen LogP contribution in [0.25, 0.3) is 0 Å². The van der Waals surface area contributed by atoms with Crippen LogP contribution in [0.2, 0.25) is 0 Å². The van der Waals surface area contributed by atoms with E-state index in [4.69, 9.17) is 0 Å². The molecule has 0 unspecified atom stereocenters. The number of likely N-dealkylation sites (N-methyl/N-ethyl adjacent to an activating group) is 1. The number of aliphatic hydroxyl groups is 1. The van der Waals surface area contributed by atoms with Gasteiger partial charge in [0.25, 0.3) is 5.91 Å². The van der Waals surface area contributed by atoms with Gasteiger partial charge in [-0.3, -0.25) is 9.59 Å². The van der Waals surface area contributed by atoms with Crippen molar-refractivity contribution in [1.82, 2.24) is 9.80 Å². The molecule has 2 aromatic rings. The summed E-state index contributed by atoms with van der Waals surface area (Å²) in [6.45, 7) is 4.37. The van der Waals surface area contributed by atoms with Crippen molar-refractivity contribution in [2.24, 2.45) is 0 Å². The maximum absolute atomic E-state index is 13.2. The molecule has 1 saturated heterocycles. The molecule has 1 heterocycles. The molecule has 0 aliphatic carbocycles. The first-order chi connectivity index (χ1) is 14.0. The Morgan fingerprint density at radius 1 is 1.03 bits per heavy atom. The number of carbonyl (C=O) groups excluding carboxylic acids is 2. The average Bonchev–Trinajstić information content (AvgIpc) is 2.74. The number of likely N-dealkylation sites (tertiary alicyclic amines) is 1. The van der Waals surface area contributed by atoms with Crippen molar-refractivity contribution < 1.29 is 19.1 Å². The maximum atomic E-state index is 13.2. The van der Waals surface area contributed by atoms with E-state index in [1.807, 2.05) is 37.3 Å². The van der Waals surface area contributed by atoms with Gasteiger partial charge < -0.3 is 14.9 Å². The van der Waals surface area contributed by atoms with Gasteiger partial charge in [0.2, 0.25) is 5.91 Å². The van der Waals surface area contributed by atoms with Crippen molar-refractivity contribution in [2.45, 2.75) is 38.3 Å². The van der Waals surface area contributed by atoms with Crippen LogP contribution < -0.4 is 0 Å². The van der Waals surface area contributed by atoms with Gasteiger partial charge in [0.05, 0.1) is 18.7 Å². The summed E-state index contributed by atoms with van der Waals surface area (Å²) in [5.74, 6) is -0.674. The summed E-state index contributed by atoms with van der Waals surface area (Å²) in [5.41, 5.74) is 1.46. The van der Waals surface area contributed by atoms with E-state index in [-0.39, 0.29) is 36.4 Å². The Bertz CT molecular complexity index is 841. The van der Waals surface area contributed by atoms with Gasteiger partial charge in [0.1, 0.15) is 5.82 Å². The van der Waals surface area contributed by atoms with Crippen LogP contribution >= 0.6 is 0 Å². The fourth-order valence-electron chi connectivity index (χ4n) is 4.18. The smallest absolute Gasteiger partial charge is 0.253 e. The van der Waals surface area contributed by atoms with Gasteiger partial charge in [-0.15, -0.1) is 0 Å². The number of amides is 2. The summed E-state index contributed by atoms with van der Waals surface area (Å²) in [6.07, 6.45) is 0.340. The number of hydrogen-bond donors (Lipinski definition) is 1. The minimum atomic E-state index is -0.391. The molecule has 0 bridgehead atoms. The molecule has 0 aromatic heterocycles. The first kappa shape index (κ1) is 21.0. The molecule has 3 atom stereocenters. The van der Waals surface area contributed by atoms with E-state index >= 15 is 0 Å². The predicted molar refractivity (Wildman–Crippen MR) is 109 cm³/mol. The third kappa shape index (κ3) is 4.17. The van der Waals surface area contributed by atoms with E-state index in [9.17, 15) is 19.1 Å². The lowest BCUT2D eigenvalue weighted by Crippen LogP contribution is -2.68. The lowest BCUT2D eigenvalue weighted by molar-refractivity contribution is -0.151. The summed E-state index contributed by atoms with van der Waals surface area (Å²) < 4.78 is 13.2. The van der Waals surface area contributed by atoms with E-state index in [0.717, 1.165) is 5.56 Å². The second-order valence-electron chi connectivity index (χ2n) is 7.26. The number of hydrogen-bond acceptors (Lipinski definition) is 3. The van der Waals surface area contributed by atoms with Crippen LogP contribution in [-0.4, -0.2) is 58.5 Å². The Kier molecular flexibility index (Phi) is 6.64. The summed E-state index contributed by atoms with van der Waals surface area (Å²) >= 11 is 0. The van der Waals surface area contributed by atoms with Gasteiger partial charge in [-0.2, -0.15) is 0 Å². The van der Waals surface area contributed by atoms with Gasteiger partial charge in [-0.05, 0) is 36.8 Å². The molecule has 154 valence electrons. The minimum absolute atomic E-state index is 0.0356. The molecule has 0 spiro atoms. The summed E-state index contributed by atoms with van der Waals surface area (Å²) in [4.78, 5) is 28.9. The highest BCUT2D eigenvalue weighted by molar-refractivity contribution is 5.94. The molecule has 6 heteroatoms. The molecular weight excluding hydrogens is 371 g/mol. The van der Waals surface area contributed by atoms with Crippen molar-refractivity contribution in [3.05, 3.63) is 71.5 Å². The SMILES string of the molecule is CCC(=O)N1[C@H](CO)[C@@H](c2ccccc2)[C@@H]1CN(CC)C(=O)c1ccc(F)cc1. The zero-order valence-electron chi connectivity index (χ0n) is 16.8. The monoisotopic (exact) mass is 398 g/mol. The Labute approximate surface area is 170 Å². The molecule has 2 aromatic carbocycles. The van der Waals surface area contributed by atoms with E-state index in [2.05, 4.69) is 0 Å². The molecule has 1 aliphatic rings. The third-order valence-electron chi connectivity index (χ3n) is 5.67. The number of carbonyl (C=O) groups is 2. The van der Waals surface area contributed by atoms with E-state index in [0.29, 0.717) is 25.1 Å². The molecule has 1 fully saturated rings. The number of benzene rings is 2. The second kappa shape index (κ2) is 9.18. The van der Waals surface area contributed by atoms with Gasteiger partial charge >= 0.3 is 0 Å². The molecule has 2 amide bonds. The Morgan fingerprint density at radius 2 is 1.69 bits per heavy atom. The fourth-order valence-corrected chi connectivity index (χ4v) is 4.18. The molecule has 1 N–H and O–H groups in total. The summed E-state index contributed by atoms with van der Waals surface area (Å²) in [7, 11) is 0. The van der Waals surface area contributed by atoms with Gasteiger partial charge in [-0.1, -0.05) is 37.3 Å². The average molecular weight is 398 g/mol. The maximum Gasteiger partial charge on any atom is 0.253 e. The molecule has 0 radical (unpaired) electrons. The van der Waals surface area contributed by atoms with Crippen molar-refractivity contribution in [3.8, 4) is 0 Å². The van der Waals surface area contributed by atoms with Gasteiger partial charge in [-0.25, -0.2) is 4.39 Å². The summed E-state index contributed by atoms with van der Waals surface area (Å²) in [6, 6.07) is 14.8. The quantitative estimate of drug-likeness (QED) is 0.780.